The number of aliphatic carboxylic acids is 1. The molecule has 1 unspecified atom stereocenters. The maximum absolute atomic E-state index is 11.5. The molecule has 2 aliphatic heterocycles. The molecule has 1 saturated heterocycles. The normalized spacial score (nSPS) is 25.1. The number of ether oxygens (including phenoxy) is 1. The summed E-state index contributed by atoms with van der Waals surface area (Å²) in [6.07, 6.45) is 3.22. The summed E-state index contributed by atoms with van der Waals surface area (Å²) in [6.45, 7) is 2.17. The summed E-state index contributed by atoms with van der Waals surface area (Å²) in [7, 11) is 0. The van der Waals surface area contributed by atoms with Crippen LogP contribution in [-0.2, 0) is 17.6 Å². The monoisotopic (exact) mass is 261 g/mol. The molecule has 2 aliphatic rings. The Labute approximate surface area is 112 Å². The molecule has 19 heavy (non-hydrogen) atoms. The summed E-state index contributed by atoms with van der Waals surface area (Å²) >= 11 is 0. The summed E-state index contributed by atoms with van der Waals surface area (Å²) in [5, 5.41) is 12.6. The summed E-state index contributed by atoms with van der Waals surface area (Å²) in [5.74, 6) is 0.321. The number of hydrogen-bond donors (Lipinski definition) is 2. The van der Waals surface area contributed by atoms with E-state index < -0.39 is 11.4 Å². The Balaban J connectivity index is 1.70. The molecule has 1 atom stereocenters. The third kappa shape index (κ3) is 2.32. The number of benzene rings is 1. The lowest BCUT2D eigenvalue weighted by molar-refractivity contribution is -0.148. The molecule has 1 fully saturated rings. The first kappa shape index (κ1) is 12.5. The van der Waals surface area contributed by atoms with Crippen LogP contribution in [0, 0.1) is 5.41 Å². The van der Waals surface area contributed by atoms with Crippen molar-refractivity contribution in [2.24, 2.45) is 5.41 Å². The largest absolute Gasteiger partial charge is 0.493 e. The fourth-order valence-corrected chi connectivity index (χ4v) is 3.03. The number of aryl methyl sites for hydroxylation is 1. The predicted molar refractivity (Wildman–Crippen MR) is 71.5 cm³/mol. The van der Waals surface area contributed by atoms with Crippen molar-refractivity contribution in [2.45, 2.75) is 25.7 Å². The molecule has 0 bridgehead atoms. The Hall–Kier alpha value is -1.55. The van der Waals surface area contributed by atoms with Gasteiger partial charge in [0.05, 0.1) is 12.0 Å². The standard InChI is InChI=1S/C15H19NO3/c17-14(18)15(6-7-16-10-15)5-3-11-1-2-13-12(9-11)4-8-19-13/h1-2,9,16H,3-8,10H2,(H,17,18). The molecule has 3 rings (SSSR count). The van der Waals surface area contributed by atoms with Crippen molar-refractivity contribution in [3.8, 4) is 5.75 Å². The van der Waals surface area contributed by atoms with Crippen molar-refractivity contribution in [2.75, 3.05) is 19.7 Å². The van der Waals surface area contributed by atoms with E-state index in [4.69, 9.17) is 4.74 Å². The number of hydrogen-bond acceptors (Lipinski definition) is 3. The van der Waals surface area contributed by atoms with Crippen molar-refractivity contribution in [1.82, 2.24) is 5.32 Å². The molecule has 2 heterocycles. The first-order valence-electron chi connectivity index (χ1n) is 6.88. The number of nitrogens with one attached hydrogen (secondary N) is 1. The SMILES string of the molecule is O=C(O)C1(CCc2ccc3c(c2)CCO3)CCNC1. The average molecular weight is 261 g/mol. The number of carboxylic acids is 1. The molecule has 2 N–H and O–H groups in total. The highest BCUT2D eigenvalue weighted by molar-refractivity contribution is 5.75. The van der Waals surface area contributed by atoms with Crippen molar-refractivity contribution in [3.05, 3.63) is 29.3 Å². The highest BCUT2D eigenvalue weighted by Gasteiger charge is 2.40. The third-order valence-corrected chi connectivity index (χ3v) is 4.34. The van der Waals surface area contributed by atoms with Crippen LogP contribution in [0.1, 0.15) is 24.0 Å². The molecule has 0 saturated carbocycles. The van der Waals surface area contributed by atoms with Crippen LogP contribution in [0.4, 0.5) is 0 Å². The van der Waals surface area contributed by atoms with Crippen LogP contribution in [0.5, 0.6) is 5.75 Å². The Morgan fingerprint density at radius 2 is 2.37 bits per heavy atom. The zero-order valence-electron chi connectivity index (χ0n) is 10.9. The maximum Gasteiger partial charge on any atom is 0.310 e. The van der Waals surface area contributed by atoms with Gasteiger partial charge in [0.15, 0.2) is 0 Å². The van der Waals surface area contributed by atoms with E-state index in [1.807, 2.05) is 6.07 Å². The van der Waals surface area contributed by atoms with Gasteiger partial charge in [0.2, 0.25) is 0 Å². The number of rotatable bonds is 4. The van der Waals surface area contributed by atoms with Gasteiger partial charge in [-0.1, -0.05) is 12.1 Å². The summed E-state index contributed by atoms with van der Waals surface area (Å²) in [6, 6.07) is 6.24. The van der Waals surface area contributed by atoms with E-state index in [2.05, 4.69) is 17.4 Å². The molecule has 0 aliphatic carbocycles. The first-order chi connectivity index (χ1) is 9.20. The molecule has 0 aromatic heterocycles. The Bertz CT molecular complexity index is 492. The molecule has 0 spiro atoms. The second kappa shape index (κ2) is 4.85. The van der Waals surface area contributed by atoms with Crippen molar-refractivity contribution in [1.29, 1.82) is 0 Å². The molecule has 0 amide bonds. The summed E-state index contributed by atoms with van der Waals surface area (Å²) in [4.78, 5) is 11.5. The number of carboxylic acid groups (broad SMARTS) is 1. The van der Waals surface area contributed by atoms with Gasteiger partial charge in [-0.25, -0.2) is 0 Å². The zero-order chi connectivity index (χ0) is 13.3. The Morgan fingerprint density at radius 1 is 1.47 bits per heavy atom. The van der Waals surface area contributed by atoms with Gasteiger partial charge in [0.1, 0.15) is 5.75 Å². The lowest BCUT2D eigenvalue weighted by Crippen LogP contribution is -2.33. The average Bonchev–Trinajstić information content (AvgIpc) is 3.05. The van der Waals surface area contributed by atoms with Crippen molar-refractivity contribution < 1.29 is 14.6 Å². The minimum atomic E-state index is -0.665. The number of carbonyl (C=O) groups is 1. The van der Waals surface area contributed by atoms with E-state index in [9.17, 15) is 9.90 Å². The lowest BCUT2D eigenvalue weighted by Gasteiger charge is -2.22. The quantitative estimate of drug-likeness (QED) is 0.864. The number of fused-ring (bicyclic) bond motifs is 1. The molecule has 4 heteroatoms. The third-order valence-electron chi connectivity index (χ3n) is 4.34. The van der Waals surface area contributed by atoms with Crippen molar-refractivity contribution >= 4 is 5.97 Å². The van der Waals surface area contributed by atoms with E-state index in [0.29, 0.717) is 13.0 Å². The van der Waals surface area contributed by atoms with Crippen molar-refractivity contribution in [3.63, 3.8) is 0 Å². The van der Waals surface area contributed by atoms with Gasteiger partial charge in [-0.15, -0.1) is 0 Å². The van der Waals surface area contributed by atoms with Gasteiger partial charge >= 0.3 is 5.97 Å². The fraction of sp³-hybridized carbons (Fsp3) is 0.533. The molecule has 0 radical (unpaired) electrons. The van der Waals surface area contributed by atoms with E-state index >= 15 is 0 Å². The zero-order valence-corrected chi connectivity index (χ0v) is 10.9. The van der Waals surface area contributed by atoms with Gasteiger partial charge < -0.3 is 15.2 Å². The second-order valence-corrected chi connectivity index (χ2v) is 5.55. The van der Waals surface area contributed by atoms with Gasteiger partial charge in [-0.05, 0) is 43.0 Å². The molecule has 4 nitrogen and oxygen atoms in total. The first-order valence-corrected chi connectivity index (χ1v) is 6.88. The Kier molecular flexibility index (Phi) is 3.19. The smallest absolute Gasteiger partial charge is 0.310 e. The minimum Gasteiger partial charge on any atom is -0.493 e. The highest BCUT2D eigenvalue weighted by atomic mass is 16.5. The van der Waals surface area contributed by atoms with Gasteiger partial charge in [0.25, 0.3) is 0 Å². The lowest BCUT2D eigenvalue weighted by atomic mass is 9.81. The molecular formula is C15H19NO3. The van der Waals surface area contributed by atoms with E-state index in [-0.39, 0.29) is 0 Å². The minimum absolute atomic E-state index is 0.574. The van der Waals surface area contributed by atoms with E-state index in [0.717, 1.165) is 38.2 Å². The van der Waals surface area contributed by atoms with Crippen LogP contribution < -0.4 is 10.1 Å². The molecular weight excluding hydrogens is 242 g/mol. The summed E-state index contributed by atoms with van der Waals surface area (Å²) < 4.78 is 5.49. The maximum atomic E-state index is 11.5. The molecule has 1 aromatic carbocycles. The highest BCUT2D eigenvalue weighted by Crippen LogP contribution is 2.33. The van der Waals surface area contributed by atoms with Crippen LogP contribution in [-0.4, -0.2) is 30.8 Å². The van der Waals surface area contributed by atoms with Crippen LogP contribution in [0.15, 0.2) is 18.2 Å². The summed E-state index contributed by atoms with van der Waals surface area (Å²) in [5.41, 5.74) is 1.90. The van der Waals surface area contributed by atoms with Gasteiger partial charge in [-0.3, -0.25) is 4.79 Å². The van der Waals surface area contributed by atoms with E-state index in [1.165, 1.54) is 11.1 Å². The topological polar surface area (TPSA) is 58.6 Å². The van der Waals surface area contributed by atoms with Crippen LogP contribution in [0.2, 0.25) is 0 Å². The second-order valence-electron chi connectivity index (χ2n) is 5.55. The molecule has 102 valence electrons. The molecule has 1 aromatic rings. The van der Waals surface area contributed by atoms with Gasteiger partial charge in [0, 0.05) is 13.0 Å². The van der Waals surface area contributed by atoms with Gasteiger partial charge in [-0.2, -0.15) is 0 Å². The van der Waals surface area contributed by atoms with Crippen LogP contribution in [0.3, 0.4) is 0 Å². The predicted octanol–water partition coefficient (Wildman–Crippen LogP) is 1.62. The van der Waals surface area contributed by atoms with Crippen LogP contribution in [0.25, 0.3) is 0 Å². The Morgan fingerprint density at radius 3 is 3.11 bits per heavy atom. The van der Waals surface area contributed by atoms with Crippen LogP contribution >= 0.6 is 0 Å². The fourth-order valence-electron chi connectivity index (χ4n) is 3.03. The van der Waals surface area contributed by atoms with E-state index in [1.54, 1.807) is 0 Å².